The molecule has 2 atom stereocenters. The maximum absolute atomic E-state index is 12.6. The average molecular weight is 461 g/mol. The molecule has 0 saturated heterocycles. The Morgan fingerprint density at radius 1 is 0.677 bits per heavy atom. The molecule has 2 aromatic rings. The topological polar surface area (TPSA) is 117 Å². The second-order valence-electron chi connectivity index (χ2n) is 8.02. The van der Waals surface area contributed by atoms with Crippen LogP contribution in [0.2, 0.25) is 0 Å². The lowest BCUT2D eigenvalue weighted by Crippen LogP contribution is -2.30. The van der Waals surface area contributed by atoms with Crippen molar-refractivity contribution in [1.82, 2.24) is 9.66 Å². The van der Waals surface area contributed by atoms with E-state index < -0.39 is 20.0 Å². The predicted octanol–water partition coefficient (Wildman–Crippen LogP) is 2.70. The Hall–Kier alpha value is -2.72. The number of sulfonamides is 2. The third-order valence-electron chi connectivity index (χ3n) is 5.70. The quantitative estimate of drug-likeness (QED) is 0.645. The number of aryl methyl sites for hydroxylation is 2. The summed E-state index contributed by atoms with van der Waals surface area (Å²) in [7, 11) is -7.65. The monoisotopic (exact) mass is 460 g/mol. The van der Waals surface area contributed by atoms with E-state index in [1.807, 2.05) is 13.8 Å². The Morgan fingerprint density at radius 3 is 1.39 bits per heavy atom. The van der Waals surface area contributed by atoms with Crippen LogP contribution in [0.1, 0.15) is 30.4 Å². The van der Waals surface area contributed by atoms with E-state index in [2.05, 4.69) is 19.9 Å². The van der Waals surface area contributed by atoms with Crippen molar-refractivity contribution in [3.8, 4) is 0 Å². The Morgan fingerprint density at radius 2 is 1.03 bits per heavy atom. The summed E-state index contributed by atoms with van der Waals surface area (Å²) in [6.07, 6.45) is 2.54. The highest BCUT2D eigenvalue weighted by molar-refractivity contribution is 7.89. The van der Waals surface area contributed by atoms with Crippen LogP contribution in [0.4, 0.5) is 0 Å². The average Bonchev–Trinajstić information content (AvgIpc) is 3.33. The molecule has 31 heavy (non-hydrogen) atoms. The number of nitrogens with zero attached hydrogens (tertiary/aromatic N) is 2. The first-order chi connectivity index (χ1) is 14.7. The second kappa shape index (κ2) is 8.08. The van der Waals surface area contributed by atoms with Crippen molar-refractivity contribution in [2.45, 2.75) is 42.9 Å². The first kappa shape index (κ1) is 21.5. The summed E-state index contributed by atoms with van der Waals surface area (Å²) in [4.78, 5) is 4.81. The highest BCUT2D eigenvalue weighted by Gasteiger charge is 2.43. The lowest BCUT2D eigenvalue weighted by atomic mass is 9.96. The van der Waals surface area contributed by atoms with Crippen molar-refractivity contribution >= 4 is 31.5 Å². The number of benzene rings is 2. The third kappa shape index (κ3) is 4.49. The zero-order valence-corrected chi connectivity index (χ0v) is 18.9. The van der Waals surface area contributed by atoms with Gasteiger partial charge in [0.15, 0.2) is 0 Å². The Labute approximate surface area is 182 Å². The first-order valence-electron chi connectivity index (χ1n) is 9.98. The van der Waals surface area contributed by atoms with Gasteiger partial charge in [-0.1, -0.05) is 35.4 Å². The molecular weight excluding hydrogens is 436 g/mol. The van der Waals surface area contributed by atoms with E-state index in [-0.39, 0.29) is 21.6 Å². The van der Waals surface area contributed by atoms with Crippen molar-refractivity contribution in [3.63, 3.8) is 0 Å². The predicted molar refractivity (Wildman–Crippen MR) is 119 cm³/mol. The molecule has 0 aromatic heterocycles. The Balaban J connectivity index is 1.57. The minimum atomic E-state index is -3.83. The van der Waals surface area contributed by atoms with Gasteiger partial charge in [0.1, 0.15) is 0 Å². The van der Waals surface area contributed by atoms with Crippen molar-refractivity contribution in [2.75, 3.05) is 0 Å². The van der Waals surface area contributed by atoms with Crippen LogP contribution >= 0.6 is 0 Å². The van der Waals surface area contributed by atoms with Crippen LogP contribution in [0.5, 0.6) is 0 Å². The van der Waals surface area contributed by atoms with Crippen molar-refractivity contribution in [2.24, 2.45) is 22.0 Å². The summed E-state index contributed by atoms with van der Waals surface area (Å²) < 4.78 is 50.3. The molecule has 0 heterocycles. The molecule has 2 aliphatic carbocycles. The van der Waals surface area contributed by atoms with Gasteiger partial charge in [0.2, 0.25) is 0 Å². The molecule has 164 valence electrons. The second-order valence-corrected chi connectivity index (χ2v) is 11.3. The molecule has 0 unspecified atom stereocenters. The zero-order chi connectivity index (χ0) is 22.2. The highest BCUT2D eigenvalue weighted by Crippen LogP contribution is 2.41. The molecular formula is C21H24N4O4S2. The molecule has 2 fully saturated rings. The molecule has 8 nitrogen and oxygen atoms in total. The molecule has 2 aromatic carbocycles. The number of hydrazone groups is 2. The lowest BCUT2D eigenvalue weighted by Gasteiger charge is -2.16. The van der Waals surface area contributed by atoms with Gasteiger partial charge < -0.3 is 0 Å². The van der Waals surface area contributed by atoms with Crippen LogP contribution in [0.25, 0.3) is 0 Å². The molecule has 0 amide bonds. The summed E-state index contributed by atoms with van der Waals surface area (Å²) >= 11 is 0. The van der Waals surface area contributed by atoms with Crippen LogP contribution in [0.3, 0.4) is 0 Å². The van der Waals surface area contributed by atoms with Gasteiger partial charge >= 0.3 is 0 Å². The summed E-state index contributed by atoms with van der Waals surface area (Å²) in [5.41, 5.74) is 2.90. The zero-order valence-electron chi connectivity index (χ0n) is 17.2. The fourth-order valence-corrected chi connectivity index (χ4v) is 5.59. The van der Waals surface area contributed by atoms with E-state index >= 15 is 0 Å². The highest BCUT2D eigenvalue weighted by atomic mass is 32.2. The normalized spacial score (nSPS) is 23.4. The molecule has 10 heteroatoms. The van der Waals surface area contributed by atoms with Crippen LogP contribution < -0.4 is 9.66 Å². The number of fused-ring (bicyclic) bond motifs is 2. The maximum atomic E-state index is 12.6. The SMILES string of the molecule is Cc1ccc(S(=O)(=O)NN=C2/C(=N\NS(=O)(=O)c3ccc(C)cc3)[C@H]3CC[C@@H]2C3)cc1. The van der Waals surface area contributed by atoms with Crippen molar-refractivity contribution < 1.29 is 16.8 Å². The number of hydrogen-bond acceptors (Lipinski definition) is 6. The minimum Gasteiger partial charge on any atom is -0.200 e. The van der Waals surface area contributed by atoms with Gasteiger partial charge in [-0.2, -0.15) is 36.7 Å². The lowest BCUT2D eigenvalue weighted by molar-refractivity contribution is 0.581. The largest absolute Gasteiger partial charge is 0.276 e. The van der Waals surface area contributed by atoms with Crippen LogP contribution in [-0.4, -0.2) is 28.3 Å². The molecule has 0 aliphatic heterocycles. The van der Waals surface area contributed by atoms with Crippen LogP contribution in [0, 0.1) is 25.7 Å². The van der Waals surface area contributed by atoms with Crippen molar-refractivity contribution in [1.29, 1.82) is 0 Å². The summed E-state index contributed by atoms with van der Waals surface area (Å²) in [5, 5.41) is 8.31. The van der Waals surface area contributed by atoms with Gasteiger partial charge in [-0.05, 0) is 57.4 Å². The smallest absolute Gasteiger partial charge is 0.200 e. The molecule has 2 N–H and O–H groups in total. The van der Waals surface area contributed by atoms with Gasteiger partial charge in [0.05, 0.1) is 21.2 Å². The summed E-state index contributed by atoms with van der Waals surface area (Å²) in [6.45, 7) is 3.75. The van der Waals surface area contributed by atoms with Crippen LogP contribution in [0.15, 0.2) is 68.5 Å². The van der Waals surface area contributed by atoms with E-state index in [9.17, 15) is 16.8 Å². The fourth-order valence-electron chi connectivity index (χ4n) is 3.95. The first-order valence-corrected chi connectivity index (χ1v) is 12.9. The molecule has 0 radical (unpaired) electrons. The standard InChI is InChI=1S/C21H24N4O4S2/c1-14-3-9-18(10-4-14)30(26,27)24-22-20-16-7-8-17(13-16)21(20)23-25-31(28,29)19-11-5-15(2)6-12-19/h3-6,9-12,16-17,24-25H,7-8,13H2,1-2H3/b22-20-,23-21?/t16-,17+/m0/s1. The van der Waals surface area contributed by atoms with Gasteiger partial charge in [-0.3, -0.25) is 0 Å². The van der Waals surface area contributed by atoms with Gasteiger partial charge in [0.25, 0.3) is 20.0 Å². The maximum Gasteiger partial charge on any atom is 0.276 e. The molecule has 2 aliphatic rings. The van der Waals surface area contributed by atoms with Gasteiger partial charge in [0, 0.05) is 11.8 Å². The fraction of sp³-hybridized carbons (Fsp3) is 0.333. The van der Waals surface area contributed by atoms with E-state index in [1.165, 1.54) is 24.3 Å². The van der Waals surface area contributed by atoms with Crippen molar-refractivity contribution in [3.05, 3.63) is 59.7 Å². The summed E-state index contributed by atoms with van der Waals surface area (Å²) in [5.74, 6) is 0.127. The molecule has 2 bridgehead atoms. The van der Waals surface area contributed by atoms with E-state index in [1.54, 1.807) is 24.3 Å². The number of hydrogen-bond donors (Lipinski definition) is 2. The summed E-state index contributed by atoms with van der Waals surface area (Å²) in [6, 6.07) is 12.9. The Bertz CT molecular complexity index is 1150. The molecule has 4 rings (SSSR count). The molecule has 2 saturated carbocycles. The van der Waals surface area contributed by atoms with Crippen LogP contribution in [-0.2, 0) is 20.0 Å². The van der Waals surface area contributed by atoms with E-state index in [4.69, 9.17) is 0 Å². The molecule has 0 spiro atoms. The minimum absolute atomic E-state index is 0.0633. The van der Waals surface area contributed by atoms with E-state index in [0.29, 0.717) is 11.4 Å². The van der Waals surface area contributed by atoms with Gasteiger partial charge in [-0.25, -0.2) is 0 Å². The third-order valence-corrected chi connectivity index (χ3v) is 8.15. The number of rotatable bonds is 6. The van der Waals surface area contributed by atoms with E-state index in [0.717, 1.165) is 30.4 Å². The number of nitrogens with one attached hydrogen (secondary N) is 2. The Kier molecular flexibility index (Phi) is 5.61. The van der Waals surface area contributed by atoms with Gasteiger partial charge in [-0.15, -0.1) is 0 Å².